The molecule has 0 aliphatic heterocycles. The standard InChI is InChI=1S/C25H34N2O3/c1-17(2)22-12-7-8-13-23(22)30-16-24(28)27(20(6)25(29)26-18(3)4)15-21-11-9-10-19(5)14-21/h7-14,17-18,20H,15-16H2,1-6H3,(H,26,29). The molecule has 30 heavy (non-hydrogen) atoms. The van der Waals surface area contributed by atoms with Crippen LogP contribution in [0.5, 0.6) is 5.75 Å². The van der Waals surface area contributed by atoms with Crippen molar-refractivity contribution in [1.29, 1.82) is 0 Å². The van der Waals surface area contributed by atoms with Crippen molar-refractivity contribution in [3.05, 3.63) is 65.2 Å². The Bertz CT molecular complexity index is 861. The molecular weight excluding hydrogens is 376 g/mol. The third-order valence-corrected chi connectivity index (χ3v) is 4.93. The minimum atomic E-state index is -0.607. The molecule has 2 aromatic rings. The van der Waals surface area contributed by atoms with Crippen LogP contribution in [0.3, 0.4) is 0 Å². The topological polar surface area (TPSA) is 58.6 Å². The molecule has 0 saturated heterocycles. The Morgan fingerprint density at radius 1 is 1.00 bits per heavy atom. The summed E-state index contributed by atoms with van der Waals surface area (Å²) in [4.78, 5) is 27.4. The second kappa shape index (κ2) is 10.8. The highest BCUT2D eigenvalue weighted by Crippen LogP contribution is 2.26. The van der Waals surface area contributed by atoms with Crippen LogP contribution in [-0.4, -0.2) is 35.4 Å². The van der Waals surface area contributed by atoms with Crippen molar-refractivity contribution in [2.75, 3.05) is 6.61 Å². The van der Waals surface area contributed by atoms with Crippen molar-refractivity contribution >= 4 is 11.8 Å². The molecule has 2 aromatic carbocycles. The summed E-state index contributed by atoms with van der Waals surface area (Å²) < 4.78 is 5.89. The van der Waals surface area contributed by atoms with E-state index in [1.165, 1.54) is 0 Å². The zero-order valence-corrected chi connectivity index (χ0v) is 18.9. The van der Waals surface area contributed by atoms with Gasteiger partial charge in [-0.25, -0.2) is 0 Å². The lowest BCUT2D eigenvalue weighted by molar-refractivity contribution is -0.142. The molecular formula is C25H34N2O3. The first-order chi connectivity index (χ1) is 14.2. The summed E-state index contributed by atoms with van der Waals surface area (Å²) in [7, 11) is 0. The Morgan fingerprint density at radius 3 is 2.33 bits per heavy atom. The van der Waals surface area contributed by atoms with E-state index in [1.807, 2.05) is 69.3 Å². The van der Waals surface area contributed by atoms with Crippen LogP contribution >= 0.6 is 0 Å². The molecule has 0 aliphatic carbocycles. The Balaban J connectivity index is 2.20. The Kier molecular flexibility index (Phi) is 8.46. The number of amides is 2. The van der Waals surface area contributed by atoms with Gasteiger partial charge >= 0.3 is 0 Å². The van der Waals surface area contributed by atoms with Gasteiger partial charge in [0, 0.05) is 12.6 Å². The number of rotatable bonds is 9. The van der Waals surface area contributed by atoms with Crippen LogP contribution in [0.2, 0.25) is 0 Å². The summed E-state index contributed by atoms with van der Waals surface area (Å²) in [6, 6.07) is 15.1. The molecule has 0 saturated carbocycles. The van der Waals surface area contributed by atoms with Gasteiger partial charge in [-0.2, -0.15) is 0 Å². The first-order valence-corrected chi connectivity index (χ1v) is 10.6. The highest BCUT2D eigenvalue weighted by atomic mass is 16.5. The fourth-order valence-corrected chi connectivity index (χ4v) is 3.31. The highest BCUT2D eigenvalue weighted by molar-refractivity contribution is 5.88. The lowest BCUT2D eigenvalue weighted by Gasteiger charge is -2.29. The maximum Gasteiger partial charge on any atom is 0.261 e. The van der Waals surface area contributed by atoms with Gasteiger partial charge in [0.2, 0.25) is 5.91 Å². The van der Waals surface area contributed by atoms with Crippen LogP contribution in [0.25, 0.3) is 0 Å². The normalized spacial score (nSPS) is 12.0. The molecule has 5 nitrogen and oxygen atoms in total. The largest absolute Gasteiger partial charge is 0.483 e. The van der Waals surface area contributed by atoms with E-state index in [4.69, 9.17) is 4.74 Å². The van der Waals surface area contributed by atoms with E-state index in [2.05, 4.69) is 19.2 Å². The second-order valence-corrected chi connectivity index (χ2v) is 8.33. The quantitative estimate of drug-likeness (QED) is 0.665. The zero-order chi connectivity index (χ0) is 22.3. The lowest BCUT2D eigenvalue weighted by Crippen LogP contribution is -2.50. The highest BCUT2D eigenvalue weighted by Gasteiger charge is 2.27. The average Bonchev–Trinajstić information content (AvgIpc) is 2.69. The van der Waals surface area contributed by atoms with Gasteiger partial charge in [0.1, 0.15) is 11.8 Å². The van der Waals surface area contributed by atoms with Gasteiger partial charge in [-0.3, -0.25) is 9.59 Å². The number of nitrogens with zero attached hydrogens (tertiary/aromatic N) is 1. The van der Waals surface area contributed by atoms with Gasteiger partial charge < -0.3 is 15.0 Å². The first-order valence-electron chi connectivity index (χ1n) is 10.6. The maximum absolute atomic E-state index is 13.1. The molecule has 0 bridgehead atoms. The van der Waals surface area contributed by atoms with E-state index in [0.717, 1.165) is 16.7 Å². The van der Waals surface area contributed by atoms with E-state index in [9.17, 15) is 9.59 Å². The summed E-state index contributed by atoms with van der Waals surface area (Å²) in [6.07, 6.45) is 0. The molecule has 0 aliphatic rings. The molecule has 0 radical (unpaired) electrons. The van der Waals surface area contributed by atoms with Crippen LogP contribution in [0.1, 0.15) is 57.2 Å². The van der Waals surface area contributed by atoms with Gasteiger partial charge in [-0.1, -0.05) is 61.9 Å². The lowest BCUT2D eigenvalue weighted by atomic mass is 10.0. The minimum Gasteiger partial charge on any atom is -0.483 e. The number of hydrogen-bond donors (Lipinski definition) is 1. The van der Waals surface area contributed by atoms with Crippen LogP contribution in [0.4, 0.5) is 0 Å². The SMILES string of the molecule is Cc1cccc(CN(C(=O)COc2ccccc2C(C)C)C(C)C(=O)NC(C)C)c1. The van der Waals surface area contributed by atoms with Gasteiger partial charge in [0.05, 0.1) is 0 Å². The maximum atomic E-state index is 13.1. The number of carbonyl (C=O) groups is 2. The van der Waals surface area contributed by atoms with E-state index < -0.39 is 6.04 Å². The average molecular weight is 411 g/mol. The fraction of sp³-hybridized carbons (Fsp3) is 0.440. The molecule has 0 aromatic heterocycles. The van der Waals surface area contributed by atoms with Gasteiger partial charge in [-0.15, -0.1) is 0 Å². The summed E-state index contributed by atoms with van der Waals surface area (Å²) in [6.45, 7) is 12.0. The molecule has 2 amide bonds. The third-order valence-electron chi connectivity index (χ3n) is 4.93. The molecule has 162 valence electrons. The zero-order valence-electron chi connectivity index (χ0n) is 18.9. The molecule has 1 atom stereocenters. The summed E-state index contributed by atoms with van der Waals surface area (Å²) in [5.74, 6) is 0.598. The van der Waals surface area contributed by atoms with Crippen molar-refractivity contribution in [2.24, 2.45) is 0 Å². The number of carbonyl (C=O) groups excluding carboxylic acids is 2. The van der Waals surface area contributed by atoms with Crippen molar-refractivity contribution in [2.45, 2.75) is 66.1 Å². The second-order valence-electron chi connectivity index (χ2n) is 8.33. The number of benzene rings is 2. The number of ether oxygens (including phenoxy) is 1. The van der Waals surface area contributed by atoms with E-state index in [0.29, 0.717) is 12.3 Å². The van der Waals surface area contributed by atoms with Crippen LogP contribution in [0.15, 0.2) is 48.5 Å². The number of nitrogens with one attached hydrogen (secondary N) is 1. The van der Waals surface area contributed by atoms with Crippen molar-refractivity contribution < 1.29 is 14.3 Å². The van der Waals surface area contributed by atoms with Crippen LogP contribution < -0.4 is 10.1 Å². The first kappa shape index (κ1) is 23.5. The van der Waals surface area contributed by atoms with Gasteiger partial charge in [0.25, 0.3) is 5.91 Å². The predicted octanol–water partition coefficient (Wildman–Crippen LogP) is 4.44. The smallest absolute Gasteiger partial charge is 0.261 e. The predicted molar refractivity (Wildman–Crippen MR) is 120 cm³/mol. The van der Waals surface area contributed by atoms with Crippen molar-refractivity contribution in [3.8, 4) is 5.75 Å². The Labute approximate surface area is 180 Å². The number of aryl methyl sites for hydroxylation is 1. The van der Waals surface area contributed by atoms with Gasteiger partial charge in [-0.05, 0) is 50.8 Å². The van der Waals surface area contributed by atoms with Crippen LogP contribution in [0, 0.1) is 6.92 Å². The van der Waals surface area contributed by atoms with Gasteiger partial charge in [0.15, 0.2) is 6.61 Å². The molecule has 1 unspecified atom stereocenters. The molecule has 2 rings (SSSR count). The molecule has 0 fully saturated rings. The van der Waals surface area contributed by atoms with Crippen LogP contribution in [-0.2, 0) is 16.1 Å². The minimum absolute atomic E-state index is 0.00467. The van der Waals surface area contributed by atoms with E-state index in [1.54, 1.807) is 11.8 Å². The third kappa shape index (κ3) is 6.61. The Morgan fingerprint density at radius 2 is 1.70 bits per heavy atom. The van der Waals surface area contributed by atoms with E-state index >= 15 is 0 Å². The van der Waals surface area contributed by atoms with Crippen molar-refractivity contribution in [1.82, 2.24) is 10.2 Å². The fourth-order valence-electron chi connectivity index (χ4n) is 3.31. The molecule has 5 heteroatoms. The molecule has 0 spiro atoms. The number of hydrogen-bond acceptors (Lipinski definition) is 3. The van der Waals surface area contributed by atoms with E-state index in [-0.39, 0.29) is 30.4 Å². The summed E-state index contributed by atoms with van der Waals surface area (Å²) in [5.41, 5.74) is 3.15. The summed E-state index contributed by atoms with van der Waals surface area (Å²) >= 11 is 0. The summed E-state index contributed by atoms with van der Waals surface area (Å²) in [5, 5.41) is 2.90. The molecule has 1 N–H and O–H groups in total. The Hall–Kier alpha value is -2.82. The monoisotopic (exact) mass is 410 g/mol. The number of para-hydroxylation sites is 1. The van der Waals surface area contributed by atoms with Crippen molar-refractivity contribution in [3.63, 3.8) is 0 Å². The molecule has 0 heterocycles.